The normalized spacial score (nSPS) is 26.4. The van der Waals surface area contributed by atoms with Gasteiger partial charge in [-0.05, 0) is 25.5 Å². The first-order chi connectivity index (χ1) is 6.77. The summed E-state index contributed by atoms with van der Waals surface area (Å²) in [6.07, 6.45) is 1.32. The molecule has 1 aliphatic heterocycles. The highest BCUT2D eigenvalue weighted by molar-refractivity contribution is 6.33. The van der Waals surface area contributed by atoms with E-state index < -0.39 is 0 Å². The molecule has 0 saturated carbocycles. The lowest BCUT2D eigenvalue weighted by molar-refractivity contribution is 0.121. The molecule has 1 N–H and O–H groups in total. The molecule has 0 radical (unpaired) electrons. The second-order valence-electron chi connectivity index (χ2n) is 3.60. The Hall–Kier alpha value is -0.730. The molecule has 2 atom stereocenters. The van der Waals surface area contributed by atoms with Crippen LogP contribution >= 0.6 is 11.6 Å². The van der Waals surface area contributed by atoms with Crippen LogP contribution in [0.25, 0.3) is 0 Å². The zero-order valence-corrected chi connectivity index (χ0v) is 8.92. The summed E-state index contributed by atoms with van der Waals surface area (Å²) >= 11 is 6.05. The molecule has 1 heterocycles. The Kier molecular flexibility index (Phi) is 2.94. The van der Waals surface area contributed by atoms with Gasteiger partial charge in [0.15, 0.2) is 0 Å². The number of hydrogen-bond donors (Lipinski definition) is 1. The minimum absolute atomic E-state index is 0.270. The SMILES string of the molecule is C[C@H]1OCC[C@@H]1Nc1ccccc1Cl. The molecule has 14 heavy (non-hydrogen) atoms. The Labute approximate surface area is 89.2 Å². The molecular weight excluding hydrogens is 198 g/mol. The van der Waals surface area contributed by atoms with Gasteiger partial charge in [-0.15, -0.1) is 0 Å². The van der Waals surface area contributed by atoms with Crippen molar-refractivity contribution < 1.29 is 4.74 Å². The minimum Gasteiger partial charge on any atom is -0.378 e. The number of hydrogen-bond acceptors (Lipinski definition) is 2. The molecule has 1 fully saturated rings. The fourth-order valence-electron chi connectivity index (χ4n) is 1.70. The summed E-state index contributed by atoms with van der Waals surface area (Å²) in [6, 6.07) is 8.18. The third kappa shape index (κ3) is 2.02. The molecule has 1 aromatic rings. The van der Waals surface area contributed by atoms with Crippen LogP contribution in [-0.4, -0.2) is 18.8 Å². The van der Waals surface area contributed by atoms with E-state index in [1.54, 1.807) is 0 Å². The van der Waals surface area contributed by atoms with Crippen molar-refractivity contribution in [2.75, 3.05) is 11.9 Å². The number of nitrogens with one attached hydrogen (secondary N) is 1. The van der Waals surface area contributed by atoms with Gasteiger partial charge in [0.05, 0.1) is 22.9 Å². The number of para-hydroxylation sites is 1. The van der Waals surface area contributed by atoms with Crippen molar-refractivity contribution in [1.82, 2.24) is 0 Å². The summed E-state index contributed by atoms with van der Waals surface area (Å²) in [7, 11) is 0. The first-order valence-corrected chi connectivity index (χ1v) is 5.28. The maximum atomic E-state index is 6.05. The summed E-state index contributed by atoms with van der Waals surface area (Å²) in [4.78, 5) is 0. The standard InChI is InChI=1S/C11H14ClNO/c1-8-10(6-7-14-8)13-11-5-3-2-4-9(11)12/h2-5,8,10,13H,6-7H2,1H3/t8-,10+/m1/s1. The van der Waals surface area contributed by atoms with Crippen molar-refractivity contribution in [3.05, 3.63) is 29.3 Å². The zero-order valence-electron chi connectivity index (χ0n) is 8.16. The van der Waals surface area contributed by atoms with Crippen molar-refractivity contribution in [2.24, 2.45) is 0 Å². The van der Waals surface area contributed by atoms with Crippen LogP contribution in [0.5, 0.6) is 0 Å². The Bertz CT molecular complexity index is 316. The number of rotatable bonds is 2. The van der Waals surface area contributed by atoms with Crippen molar-refractivity contribution in [3.63, 3.8) is 0 Å². The fourth-order valence-corrected chi connectivity index (χ4v) is 1.89. The third-order valence-electron chi connectivity index (χ3n) is 2.59. The van der Waals surface area contributed by atoms with Crippen LogP contribution in [0.1, 0.15) is 13.3 Å². The molecule has 0 aromatic heterocycles. The van der Waals surface area contributed by atoms with Crippen LogP contribution in [0.15, 0.2) is 24.3 Å². The van der Waals surface area contributed by atoms with Crippen LogP contribution in [0.3, 0.4) is 0 Å². The molecule has 0 unspecified atom stereocenters. The predicted molar refractivity (Wildman–Crippen MR) is 58.9 cm³/mol. The smallest absolute Gasteiger partial charge is 0.0748 e. The molecule has 76 valence electrons. The van der Waals surface area contributed by atoms with E-state index in [0.29, 0.717) is 6.04 Å². The highest BCUT2D eigenvalue weighted by atomic mass is 35.5. The lowest BCUT2D eigenvalue weighted by Gasteiger charge is -2.18. The van der Waals surface area contributed by atoms with E-state index in [4.69, 9.17) is 16.3 Å². The highest BCUT2D eigenvalue weighted by Gasteiger charge is 2.24. The van der Waals surface area contributed by atoms with E-state index in [2.05, 4.69) is 12.2 Å². The van der Waals surface area contributed by atoms with E-state index in [1.165, 1.54) is 0 Å². The third-order valence-corrected chi connectivity index (χ3v) is 2.92. The summed E-state index contributed by atoms with van der Waals surface area (Å²) in [5.74, 6) is 0. The largest absolute Gasteiger partial charge is 0.378 e. The molecule has 0 aliphatic carbocycles. The first-order valence-electron chi connectivity index (χ1n) is 4.90. The quantitative estimate of drug-likeness (QED) is 0.812. The van der Waals surface area contributed by atoms with Crippen molar-refractivity contribution in [2.45, 2.75) is 25.5 Å². The van der Waals surface area contributed by atoms with Crippen molar-refractivity contribution in [1.29, 1.82) is 0 Å². The molecule has 0 bridgehead atoms. The maximum Gasteiger partial charge on any atom is 0.0748 e. The fraction of sp³-hybridized carbons (Fsp3) is 0.455. The van der Waals surface area contributed by atoms with Gasteiger partial charge >= 0.3 is 0 Å². The molecule has 1 aromatic carbocycles. The average molecular weight is 212 g/mol. The lowest BCUT2D eigenvalue weighted by Crippen LogP contribution is -2.26. The zero-order chi connectivity index (χ0) is 9.97. The molecule has 2 rings (SSSR count). The van der Waals surface area contributed by atoms with Gasteiger partial charge in [0.25, 0.3) is 0 Å². The van der Waals surface area contributed by atoms with Gasteiger partial charge < -0.3 is 10.1 Å². The van der Waals surface area contributed by atoms with Gasteiger partial charge in [0.1, 0.15) is 0 Å². The predicted octanol–water partition coefficient (Wildman–Crippen LogP) is 2.93. The van der Waals surface area contributed by atoms with Crippen LogP contribution < -0.4 is 5.32 Å². The van der Waals surface area contributed by atoms with E-state index in [9.17, 15) is 0 Å². The van der Waals surface area contributed by atoms with E-state index in [1.807, 2.05) is 24.3 Å². The molecule has 3 heteroatoms. The van der Waals surface area contributed by atoms with Gasteiger partial charge in [-0.3, -0.25) is 0 Å². The Morgan fingerprint density at radius 3 is 2.86 bits per heavy atom. The Balaban J connectivity index is 2.07. The molecule has 2 nitrogen and oxygen atoms in total. The Morgan fingerprint density at radius 2 is 2.21 bits per heavy atom. The van der Waals surface area contributed by atoms with Crippen LogP contribution in [0, 0.1) is 0 Å². The van der Waals surface area contributed by atoms with Crippen molar-refractivity contribution in [3.8, 4) is 0 Å². The van der Waals surface area contributed by atoms with Crippen LogP contribution in [0.2, 0.25) is 5.02 Å². The van der Waals surface area contributed by atoms with Gasteiger partial charge in [-0.25, -0.2) is 0 Å². The lowest BCUT2D eigenvalue weighted by atomic mass is 10.1. The van der Waals surface area contributed by atoms with Crippen molar-refractivity contribution >= 4 is 17.3 Å². The summed E-state index contributed by atoms with van der Waals surface area (Å²) in [6.45, 7) is 2.92. The Morgan fingerprint density at radius 1 is 1.43 bits per heavy atom. The molecule has 0 amide bonds. The molecule has 1 saturated heterocycles. The summed E-state index contributed by atoms with van der Waals surface area (Å²) in [5.41, 5.74) is 0.997. The highest BCUT2D eigenvalue weighted by Crippen LogP contribution is 2.24. The van der Waals surface area contributed by atoms with Gasteiger partial charge in [-0.1, -0.05) is 23.7 Å². The van der Waals surface area contributed by atoms with E-state index in [0.717, 1.165) is 23.7 Å². The number of anilines is 1. The number of benzene rings is 1. The number of ether oxygens (including phenoxy) is 1. The van der Waals surface area contributed by atoms with Gasteiger partial charge in [0.2, 0.25) is 0 Å². The molecule has 0 spiro atoms. The topological polar surface area (TPSA) is 21.3 Å². The summed E-state index contributed by atoms with van der Waals surface area (Å²) in [5, 5.41) is 4.17. The molecule has 1 aliphatic rings. The second kappa shape index (κ2) is 4.20. The summed E-state index contributed by atoms with van der Waals surface area (Å²) < 4.78 is 5.47. The molecular formula is C11H14ClNO. The first kappa shape index (κ1) is 9.81. The maximum absolute atomic E-state index is 6.05. The van der Waals surface area contributed by atoms with Crippen LogP contribution in [0.4, 0.5) is 5.69 Å². The average Bonchev–Trinajstić information content (AvgIpc) is 2.56. The monoisotopic (exact) mass is 211 g/mol. The van der Waals surface area contributed by atoms with Gasteiger partial charge in [0, 0.05) is 6.61 Å². The van der Waals surface area contributed by atoms with Gasteiger partial charge in [-0.2, -0.15) is 0 Å². The minimum atomic E-state index is 0.270. The second-order valence-corrected chi connectivity index (χ2v) is 4.00. The van der Waals surface area contributed by atoms with E-state index >= 15 is 0 Å². The van der Waals surface area contributed by atoms with E-state index in [-0.39, 0.29) is 6.10 Å². The van der Waals surface area contributed by atoms with Crippen LogP contribution in [-0.2, 0) is 4.74 Å². The number of halogens is 1.